The SMILES string of the molecule is COc1ncc(-c2c(C)c(Cl)cc(CCNc3ncnc4nc[nH]c34)c2OCCN2CCOCC2)cn1. The van der Waals surface area contributed by atoms with Crippen LogP contribution in [0, 0.1) is 6.92 Å². The van der Waals surface area contributed by atoms with Gasteiger partial charge in [0.25, 0.3) is 0 Å². The molecule has 1 saturated heterocycles. The van der Waals surface area contributed by atoms with Gasteiger partial charge in [0.15, 0.2) is 11.5 Å². The number of aromatic nitrogens is 6. The summed E-state index contributed by atoms with van der Waals surface area (Å²) >= 11 is 6.72. The molecule has 0 saturated carbocycles. The number of halogens is 1. The molecular weight excluding hydrogens is 496 g/mol. The third kappa shape index (κ3) is 5.74. The number of rotatable bonds is 10. The zero-order valence-corrected chi connectivity index (χ0v) is 21.6. The van der Waals surface area contributed by atoms with Gasteiger partial charge in [0.05, 0.1) is 26.7 Å². The van der Waals surface area contributed by atoms with Crippen LogP contribution in [0.5, 0.6) is 11.8 Å². The van der Waals surface area contributed by atoms with Gasteiger partial charge < -0.3 is 24.5 Å². The largest absolute Gasteiger partial charge is 0.491 e. The third-order valence-corrected chi connectivity index (χ3v) is 6.71. The van der Waals surface area contributed by atoms with Crippen molar-refractivity contribution in [2.45, 2.75) is 13.3 Å². The lowest BCUT2D eigenvalue weighted by Crippen LogP contribution is -2.38. The average molecular weight is 525 g/mol. The van der Waals surface area contributed by atoms with E-state index in [0.29, 0.717) is 42.1 Å². The molecule has 0 aliphatic carbocycles. The summed E-state index contributed by atoms with van der Waals surface area (Å²) < 4.78 is 17.1. The van der Waals surface area contributed by atoms with Crippen molar-refractivity contribution in [1.29, 1.82) is 0 Å². The predicted molar refractivity (Wildman–Crippen MR) is 140 cm³/mol. The van der Waals surface area contributed by atoms with E-state index >= 15 is 0 Å². The van der Waals surface area contributed by atoms with E-state index in [-0.39, 0.29) is 0 Å². The molecule has 1 aliphatic heterocycles. The van der Waals surface area contributed by atoms with Crippen LogP contribution in [0.15, 0.2) is 31.1 Å². The Morgan fingerprint density at radius 1 is 1.14 bits per heavy atom. The van der Waals surface area contributed by atoms with Crippen LogP contribution in [0.25, 0.3) is 22.3 Å². The highest BCUT2D eigenvalue weighted by molar-refractivity contribution is 6.32. The van der Waals surface area contributed by atoms with E-state index in [4.69, 9.17) is 25.8 Å². The zero-order valence-electron chi connectivity index (χ0n) is 20.8. The van der Waals surface area contributed by atoms with E-state index in [2.05, 4.69) is 40.1 Å². The van der Waals surface area contributed by atoms with Gasteiger partial charge in [-0.3, -0.25) is 4.90 Å². The number of nitrogens with one attached hydrogen (secondary N) is 2. The van der Waals surface area contributed by atoms with Gasteiger partial charge in [0.1, 0.15) is 24.2 Å². The van der Waals surface area contributed by atoms with Crippen molar-refractivity contribution in [3.8, 4) is 22.9 Å². The molecule has 0 amide bonds. The molecule has 0 spiro atoms. The van der Waals surface area contributed by atoms with Crippen LogP contribution >= 0.6 is 11.6 Å². The number of benzene rings is 1. The van der Waals surface area contributed by atoms with E-state index in [1.165, 1.54) is 6.33 Å². The molecule has 2 N–H and O–H groups in total. The smallest absolute Gasteiger partial charge is 0.316 e. The van der Waals surface area contributed by atoms with Crippen molar-refractivity contribution < 1.29 is 14.2 Å². The maximum Gasteiger partial charge on any atom is 0.316 e. The highest BCUT2D eigenvalue weighted by Gasteiger charge is 2.20. The summed E-state index contributed by atoms with van der Waals surface area (Å²) in [5.41, 5.74) is 4.96. The molecule has 5 rings (SSSR count). The Morgan fingerprint density at radius 2 is 1.95 bits per heavy atom. The number of fused-ring (bicyclic) bond motifs is 1. The number of hydrogen-bond acceptors (Lipinski definition) is 10. The average Bonchev–Trinajstić information content (AvgIpc) is 3.42. The number of methoxy groups -OCH3 is 1. The molecule has 3 aromatic heterocycles. The molecule has 1 aliphatic rings. The highest BCUT2D eigenvalue weighted by Crippen LogP contribution is 2.40. The van der Waals surface area contributed by atoms with Crippen LogP contribution in [0.2, 0.25) is 5.02 Å². The number of nitrogens with zero attached hydrogens (tertiary/aromatic N) is 6. The van der Waals surface area contributed by atoms with E-state index < -0.39 is 0 Å². The van der Waals surface area contributed by atoms with Gasteiger partial charge in [-0.2, -0.15) is 0 Å². The molecule has 4 aromatic rings. The summed E-state index contributed by atoms with van der Waals surface area (Å²) in [6, 6.07) is 2.28. The van der Waals surface area contributed by atoms with Crippen molar-refractivity contribution in [1.82, 2.24) is 34.8 Å². The minimum Gasteiger partial charge on any atom is -0.491 e. The molecule has 194 valence electrons. The first-order chi connectivity index (χ1) is 18.1. The van der Waals surface area contributed by atoms with Crippen LogP contribution in [-0.2, 0) is 11.2 Å². The monoisotopic (exact) mass is 524 g/mol. The number of H-pyrrole nitrogens is 1. The van der Waals surface area contributed by atoms with Crippen LogP contribution in [0.4, 0.5) is 5.82 Å². The molecule has 4 heterocycles. The summed E-state index contributed by atoms with van der Waals surface area (Å²) in [6.07, 6.45) is 7.22. The normalized spacial score (nSPS) is 14.1. The van der Waals surface area contributed by atoms with E-state index in [9.17, 15) is 0 Å². The topological polar surface area (TPSA) is 123 Å². The quantitative estimate of drug-likeness (QED) is 0.320. The van der Waals surface area contributed by atoms with Crippen molar-refractivity contribution in [3.05, 3.63) is 47.3 Å². The van der Waals surface area contributed by atoms with Crippen molar-refractivity contribution in [2.75, 3.05) is 58.4 Å². The van der Waals surface area contributed by atoms with Gasteiger partial charge in [-0.25, -0.2) is 24.9 Å². The Bertz CT molecular complexity index is 1340. The lowest BCUT2D eigenvalue weighted by Gasteiger charge is -2.27. The molecule has 12 heteroatoms. The number of aromatic amines is 1. The van der Waals surface area contributed by atoms with E-state index in [0.717, 1.165) is 66.4 Å². The van der Waals surface area contributed by atoms with Gasteiger partial charge in [-0.15, -0.1) is 0 Å². The predicted octanol–water partition coefficient (Wildman–Crippen LogP) is 3.15. The Morgan fingerprint density at radius 3 is 2.73 bits per heavy atom. The molecule has 1 aromatic carbocycles. The number of anilines is 1. The van der Waals surface area contributed by atoms with Crippen molar-refractivity contribution in [3.63, 3.8) is 0 Å². The third-order valence-electron chi connectivity index (χ3n) is 6.32. The Balaban J connectivity index is 1.41. The van der Waals surface area contributed by atoms with Gasteiger partial charge in [0, 0.05) is 54.7 Å². The molecule has 0 unspecified atom stereocenters. The summed E-state index contributed by atoms with van der Waals surface area (Å²) in [4.78, 5) is 26.7. The molecular formula is C25H29ClN8O3. The van der Waals surface area contributed by atoms with Crippen LogP contribution < -0.4 is 14.8 Å². The van der Waals surface area contributed by atoms with Crippen molar-refractivity contribution >= 4 is 28.6 Å². The summed E-state index contributed by atoms with van der Waals surface area (Å²) in [5.74, 6) is 1.47. The van der Waals surface area contributed by atoms with Crippen molar-refractivity contribution in [2.24, 2.45) is 0 Å². The second-order valence-electron chi connectivity index (χ2n) is 8.61. The van der Waals surface area contributed by atoms with Gasteiger partial charge in [0.2, 0.25) is 0 Å². The Hall–Kier alpha value is -3.54. The minimum atomic E-state index is 0.303. The first kappa shape index (κ1) is 25.1. The van der Waals surface area contributed by atoms with Crippen LogP contribution in [0.3, 0.4) is 0 Å². The van der Waals surface area contributed by atoms with E-state index in [1.807, 2.05) is 13.0 Å². The summed E-state index contributed by atoms with van der Waals surface area (Å²) in [5, 5.41) is 4.03. The van der Waals surface area contributed by atoms with Gasteiger partial charge in [-0.05, 0) is 30.5 Å². The molecule has 37 heavy (non-hydrogen) atoms. The zero-order chi connectivity index (χ0) is 25.6. The van der Waals surface area contributed by atoms with Crippen LogP contribution in [0.1, 0.15) is 11.1 Å². The fraction of sp³-hybridized carbons (Fsp3) is 0.400. The molecule has 0 atom stereocenters. The van der Waals surface area contributed by atoms with E-state index in [1.54, 1.807) is 25.8 Å². The van der Waals surface area contributed by atoms with Gasteiger partial charge in [-0.1, -0.05) is 11.6 Å². The number of hydrogen-bond donors (Lipinski definition) is 2. The maximum absolute atomic E-state index is 6.72. The fourth-order valence-electron chi connectivity index (χ4n) is 4.34. The summed E-state index contributed by atoms with van der Waals surface area (Å²) in [7, 11) is 1.54. The lowest BCUT2D eigenvalue weighted by atomic mass is 9.96. The Labute approximate surface area is 219 Å². The number of imidazole rings is 1. The van der Waals surface area contributed by atoms with Crippen LogP contribution in [-0.4, -0.2) is 87.9 Å². The Kier molecular flexibility index (Phi) is 7.93. The lowest BCUT2D eigenvalue weighted by molar-refractivity contribution is 0.0322. The minimum absolute atomic E-state index is 0.303. The first-order valence-corrected chi connectivity index (χ1v) is 12.5. The molecule has 11 nitrogen and oxygen atoms in total. The fourth-order valence-corrected chi connectivity index (χ4v) is 4.57. The van der Waals surface area contributed by atoms with Gasteiger partial charge >= 0.3 is 6.01 Å². The second-order valence-corrected chi connectivity index (χ2v) is 9.01. The number of ether oxygens (including phenoxy) is 3. The molecule has 1 fully saturated rings. The second kappa shape index (κ2) is 11.7. The summed E-state index contributed by atoms with van der Waals surface area (Å²) in [6.45, 7) is 7.22. The molecule has 0 bridgehead atoms. The standard InChI is InChI=1S/C25H29ClN8O3/c1-16-19(26)11-17(3-4-27-23-21-24(31-14-30-21)33-15-32-23)22(37-10-7-34-5-8-36-9-6-34)20(16)18-12-28-25(35-2)29-13-18/h11-15H,3-10H2,1-2H3,(H2,27,30,31,32,33). The first-order valence-electron chi connectivity index (χ1n) is 12.1. The highest BCUT2D eigenvalue weighted by atomic mass is 35.5. The molecule has 0 radical (unpaired) electrons. The number of morpholine rings is 1. The maximum atomic E-state index is 6.72.